The average Bonchev–Trinajstić information content (AvgIpc) is 3.46. The quantitative estimate of drug-likeness (QED) is 0.0445. The van der Waals surface area contributed by atoms with Crippen molar-refractivity contribution in [3.63, 3.8) is 0 Å². The minimum atomic E-state index is -1.63. The van der Waals surface area contributed by atoms with E-state index in [-0.39, 0.29) is 37.6 Å². The predicted octanol–water partition coefficient (Wildman–Crippen LogP) is 6.62. The van der Waals surface area contributed by atoms with E-state index in [1.54, 1.807) is 24.3 Å². The standard InChI is InChI=1S/C34H31BrF2N6O4/c35-29-9-4-3-8-28(29)31-34(19-23-6-1-2-7-24(23)20-40-43-38,33(45)42-39-21-25-18-26(36)12-15-30(25)37)41-32(47-31)22-10-13-27(14-11-22)46-17-5-16-44/h1-4,6-15,18,31,39,44H,5,16-17,19-21H2,(H,42,45)/t31-,34-/m0/s1. The summed E-state index contributed by atoms with van der Waals surface area (Å²) in [5.41, 5.74) is 15.4. The van der Waals surface area contributed by atoms with Crippen LogP contribution in [0.1, 0.15) is 40.3 Å². The number of benzene rings is 4. The van der Waals surface area contributed by atoms with Crippen molar-refractivity contribution in [2.24, 2.45) is 10.1 Å². The Morgan fingerprint density at radius 2 is 1.79 bits per heavy atom. The molecule has 4 aromatic rings. The van der Waals surface area contributed by atoms with Crippen LogP contribution < -0.4 is 15.6 Å². The first-order valence-corrected chi connectivity index (χ1v) is 15.5. The highest BCUT2D eigenvalue weighted by Crippen LogP contribution is 2.45. The number of hydrazine groups is 1. The normalized spacial score (nSPS) is 16.9. The lowest BCUT2D eigenvalue weighted by atomic mass is 9.81. The monoisotopic (exact) mass is 704 g/mol. The van der Waals surface area contributed by atoms with Gasteiger partial charge in [-0.15, -0.1) is 0 Å². The maximum atomic E-state index is 14.4. The maximum Gasteiger partial charge on any atom is 0.266 e. The third-order valence-electron chi connectivity index (χ3n) is 7.59. The highest BCUT2D eigenvalue weighted by molar-refractivity contribution is 9.10. The number of aliphatic imine (C=N–C) groups is 1. The summed E-state index contributed by atoms with van der Waals surface area (Å²) in [5, 5.41) is 12.8. The summed E-state index contributed by atoms with van der Waals surface area (Å²) >= 11 is 3.61. The van der Waals surface area contributed by atoms with Crippen molar-refractivity contribution in [2.45, 2.75) is 37.6 Å². The number of aliphatic hydroxyl groups excluding tert-OH is 1. The number of aliphatic hydroxyl groups is 1. The van der Waals surface area contributed by atoms with Crippen molar-refractivity contribution in [3.8, 4) is 5.75 Å². The van der Waals surface area contributed by atoms with Crippen LogP contribution in [0.3, 0.4) is 0 Å². The lowest BCUT2D eigenvalue weighted by molar-refractivity contribution is -0.130. The van der Waals surface area contributed by atoms with Crippen LogP contribution in [0.5, 0.6) is 5.75 Å². The summed E-state index contributed by atoms with van der Waals surface area (Å²) in [7, 11) is 0. The van der Waals surface area contributed by atoms with Crippen molar-refractivity contribution < 1.29 is 28.2 Å². The topological polar surface area (TPSA) is 141 Å². The van der Waals surface area contributed by atoms with Crippen molar-refractivity contribution in [3.05, 3.63) is 145 Å². The number of nitrogens with zero attached hydrogens (tertiary/aromatic N) is 4. The van der Waals surface area contributed by atoms with Crippen molar-refractivity contribution in [1.29, 1.82) is 0 Å². The fourth-order valence-electron chi connectivity index (χ4n) is 5.24. The van der Waals surface area contributed by atoms with Crippen LogP contribution in [-0.4, -0.2) is 35.7 Å². The number of nitrogens with one attached hydrogen (secondary N) is 2. The third-order valence-corrected chi connectivity index (χ3v) is 8.31. The number of amides is 1. The number of ether oxygens (including phenoxy) is 2. The van der Waals surface area contributed by atoms with Gasteiger partial charge in [0.1, 0.15) is 17.4 Å². The van der Waals surface area contributed by atoms with E-state index in [1.807, 2.05) is 48.5 Å². The molecule has 0 saturated carbocycles. The summed E-state index contributed by atoms with van der Waals surface area (Å²) in [5.74, 6) is -1.04. The molecule has 10 nitrogen and oxygen atoms in total. The van der Waals surface area contributed by atoms with E-state index in [9.17, 15) is 13.6 Å². The van der Waals surface area contributed by atoms with Gasteiger partial charge in [0.05, 0.1) is 13.2 Å². The molecule has 0 fully saturated rings. The highest BCUT2D eigenvalue weighted by atomic mass is 79.9. The SMILES string of the molecule is [N-]=[N+]=NCc1ccccc1C[C@]1(C(=O)NNCc2cc(F)ccc2F)N=C(c2ccc(OCCCO)cc2)O[C@H]1c1ccccc1Br. The van der Waals surface area contributed by atoms with Gasteiger partial charge in [0.15, 0.2) is 11.6 Å². The first-order chi connectivity index (χ1) is 22.8. The Morgan fingerprint density at radius 1 is 1.04 bits per heavy atom. The molecule has 1 aliphatic rings. The summed E-state index contributed by atoms with van der Waals surface area (Å²) in [6, 6.07) is 24.7. The van der Waals surface area contributed by atoms with Crippen molar-refractivity contribution >= 4 is 27.7 Å². The molecule has 0 aromatic heterocycles. The lowest BCUT2D eigenvalue weighted by Crippen LogP contribution is -2.54. The molecule has 4 aromatic carbocycles. The zero-order valence-electron chi connectivity index (χ0n) is 25.1. The zero-order valence-corrected chi connectivity index (χ0v) is 26.7. The molecule has 0 bridgehead atoms. The molecular weight excluding hydrogens is 674 g/mol. The van der Waals surface area contributed by atoms with E-state index in [4.69, 9.17) is 25.1 Å². The number of hydrogen-bond acceptors (Lipinski definition) is 7. The molecule has 242 valence electrons. The number of carbonyl (C=O) groups excluding carboxylic acids is 1. The molecule has 13 heteroatoms. The lowest BCUT2D eigenvalue weighted by Gasteiger charge is -2.32. The Labute approximate surface area is 278 Å². The molecule has 1 heterocycles. The molecule has 1 amide bonds. The molecule has 0 saturated heterocycles. The molecular formula is C34H31BrF2N6O4. The van der Waals surface area contributed by atoms with Crippen LogP contribution in [0.4, 0.5) is 8.78 Å². The molecule has 0 spiro atoms. The van der Waals surface area contributed by atoms with E-state index < -0.39 is 29.2 Å². The second kappa shape index (κ2) is 15.7. The van der Waals surface area contributed by atoms with Crippen LogP contribution in [0, 0.1) is 11.6 Å². The average molecular weight is 706 g/mol. The minimum absolute atomic E-state index is 0.0152. The molecule has 1 aliphatic heterocycles. The smallest absolute Gasteiger partial charge is 0.266 e. The van der Waals surface area contributed by atoms with Crippen LogP contribution in [-0.2, 0) is 29.0 Å². The molecule has 0 aliphatic carbocycles. The van der Waals surface area contributed by atoms with E-state index >= 15 is 0 Å². The highest BCUT2D eigenvalue weighted by Gasteiger charge is 2.54. The second-order valence-electron chi connectivity index (χ2n) is 10.7. The third kappa shape index (κ3) is 7.95. The van der Waals surface area contributed by atoms with Gasteiger partial charge in [-0.25, -0.2) is 19.2 Å². The van der Waals surface area contributed by atoms with Gasteiger partial charge >= 0.3 is 0 Å². The summed E-state index contributed by atoms with van der Waals surface area (Å²) in [6.45, 7) is 0.216. The molecule has 0 unspecified atom stereocenters. The zero-order chi connectivity index (χ0) is 33.2. The van der Waals surface area contributed by atoms with E-state index in [0.717, 1.165) is 18.2 Å². The van der Waals surface area contributed by atoms with Gasteiger partial charge < -0.3 is 14.6 Å². The fraction of sp³-hybridized carbons (Fsp3) is 0.235. The Kier molecular flexibility index (Phi) is 11.2. The largest absolute Gasteiger partial charge is 0.494 e. The maximum absolute atomic E-state index is 14.4. The van der Waals surface area contributed by atoms with E-state index in [2.05, 4.69) is 36.8 Å². The number of rotatable bonds is 14. The van der Waals surface area contributed by atoms with Gasteiger partial charge in [-0.05, 0) is 65.2 Å². The minimum Gasteiger partial charge on any atom is -0.494 e. The number of hydrogen-bond donors (Lipinski definition) is 3. The summed E-state index contributed by atoms with van der Waals surface area (Å²) < 4.78 is 41.1. The van der Waals surface area contributed by atoms with Crippen molar-refractivity contribution in [2.75, 3.05) is 13.2 Å². The first-order valence-electron chi connectivity index (χ1n) is 14.7. The Bertz CT molecular complexity index is 1800. The van der Waals surface area contributed by atoms with Crippen LogP contribution in [0.15, 0.2) is 106 Å². The predicted molar refractivity (Wildman–Crippen MR) is 175 cm³/mol. The van der Waals surface area contributed by atoms with E-state index in [1.165, 1.54) is 0 Å². The number of halogens is 3. The van der Waals surface area contributed by atoms with Crippen LogP contribution >= 0.6 is 15.9 Å². The van der Waals surface area contributed by atoms with Gasteiger partial charge in [-0.1, -0.05) is 63.5 Å². The number of azide groups is 1. The van der Waals surface area contributed by atoms with Gasteiger partial charge in [-0.2, -0.15) is 0 Å². The van der Waals surface area contributed by atoms with Crippen LogP contribution in [0.25, 0.3) is 10.4 Å². The Morgan fingerprint density at radius 3 is 2.53 bits per heavy atom. The first kappa shape index (κ1) is 33.6. The number of carbonyl (C=O) groups is 1. The molecule has 0 radical (unpaired) electrons. The van der Waals surface area contributed by atoms with E-state index in [0.29, 0.717) is 45.5 Å². The Hall–Kier alpha value is -4.81. The molecule has 5 rings (SSSR count). The molecule has 2 atom stereocenters. The summed E-state index contributed by atoms with van der Waals surface area (Å²) in [6.07, 6.45) is -0.429. The molecule has 47 heavy (non-hydrogen) atoms. The van der Waals surface area contributed by atoms with Gasteiger partial charge in [0.2, 0.25) is 5.90 Å². The second-order valence-corrected chi connectivity index (χ2v) is 11.5. The fourth-order valence-corrected chi connectivity index (χ4v) is 5.73. The van der Waals surface area contributed by atoms with Gasteiger partial charge in [0, 0.05) is 52.1 Å². The molecule has 3 N–H and O–H groups in total. The summed E-state index contributed by atoms with van der Waals surface area (Å²) in [4.78, 5) is 22.3. The van der Waals surface area contributed by atoms with Gasteiger partial charge in [-0.3, -0.25) is 10.2 Å². The Balaban J connectivity index is 1.57. The van der Waals surface area contributed by atoms with Crippen LogP contribution in [0.2, 0.25) is 0 Å². The van der Waals surface area contributed by atoms with Crippen molar-refractivity contribution in [1.82, 2.24) is 10.9 Å². The van der Waals surface area contributed by atoms with Gasteiger partial charge in [0.25, 0.3) is 5.91 Å².